The number of nitrogens with zero attached hydrogens (tertiary/aromatic N) is 2. The Morgan fingerprint density at radius 1 is 1.43 bits per heavy atom. The number of hydrogen-bond acceptors (Lipinski definition) is 5. The number of carbonyl (C=O) groups excluding carboxylic acids is 1. The van der Waals surface area contributed by atoms with Gasteiger partial charge in [0.05, 0.1) is 6.54 Å². The van der Waals surface area contributed by atoms with Gasteiger partial charge in [0.1, 0.15) is 18.0 Å². The van der Waals surface area contributed by atoms with E-state index in [1.165, 1.54) is 0 Å². The molecule has 108 valence electrons. The number of anilines is 1. The molecule has 1 aromatic carbocycles. The number of nitrogens with two attached hydrogens (primary N) is 1. The van der Waals surface area contributed by atoms with Crippen molar-refractivity contribution in [2.24, 2.45) is 0 Å². The molecule has 3 aromatic rings. The zero-order valence-electron chi connectivity index (χ0n) is 11.6. The fourth-order valence-electron chi connectivity index (χ4n) is 2.11. The number of hydrogen-bond donors (Lipinski definition) is 1. The van der Waals surface area contributed by atoms with Crippen LogP contribution < -0.4 is 5.73 Å². The zero-order valence-corrected chi connectivity index (χ0v) is 11.6. The SMILES string of the molecule is Cc1nccn1CCOC(=O)c1cc2cc(N)ccc2o1. The van der Waals surface area contributed by atoms with Crippen LogP contribution in [0.5, 0.6) is 0 Å². The van der Waals surface area contributed by atoms with Crippen molar-refractivity contribution in [3.05, 3.63) is 48.2 Å². The normalized spacial score (nSPS) is 10.9. The first kappa shape index (κ1) is 13.2. The summed E-state index contributed by atoms with van der Waals surface area (Å²) in [6, 6.07) is 6.85. The lowest BCUT2D eigenvalue weighted by Crippen LogP contribution is -2.11. The van der Waals surface area contributed by atoms with Gasteiger partial charge in [0, 0.05) is 23.5 Å². The van der Waals surface area contributed by atoms with E-state index < -0.39 is 5.97 Å². The van der Waals surface area contributed by atoms with E-state index in [-0.39, 0.29) is 12.4 Å². The van der Waals surface area contributed by atoms with Crippen molar-refractivity contribution in [1.82, 2.24) is 9.55 Å². The highest BCUT2D eigenvalue weighted by Gasteiger charge is 2.13. The number of benzene rings is 1. The molecule has 21 heavy (non-hydrogen) atoms. The van der Waals surface area contributed by atoms with E-state index in [1.807, 2.05) is 17.7 Å². The van der Waals surface area contributed by atoms with Crippen molar-refractivity contribution < 1.29 is 13.9 Å². The molecule has 3 rings (SSSR count). The number of carbonyl (C=O) groups is 1. The van der Waals surface area contributed by atoms with E-state index in [0.29, 0.717) is 17.8 Å². The fourth-order valence-corrected chi connectivity index (χ4v) is 2.11. The van der Waals surface area contributed by atoms with Gasteiger partial charge >= 0.3 is 5.97 Å². The number of aryl methyl sites for hydroxylation is 1. The molecule has 0 aliphatic heterocycles. The van der Waals surface area contributed by atoms with Gasteiger partial charge in [0.25, 0.3) is 0 Å². The summed E-state index contributed by atoms with van der Waals surface area (Å²) in [5, 5.41) is 0.785. The summed E-state index contributed by atoms with van der Waals surface area (Å²) in [5.74, 6) is 0.575. The summed E-state index contributed by atoms with van der Waals surface area (Å²) in [6.07, 6.45) is 3.55. The average Bonchev–Trinajstić information content (AvgIpc) is 3.05. The lowest BCUT2D eigenvalue weighted by molar-refractivity contribution is 0.0457. The van der Waals surface area contributed by atoms with Gasteiger partial charge in [0.2, 0.25) is 5.76 Å². The minimum atomic E-state index is -0.484. The van der Waals surface area contributed by atoms with E-state index >= 15 is 0 Å². The molecule has 0 atom stereocenters. The van der Waals surface area contributed by atoms with E-state index in [2.05, 4.69) is 4.98 Å². The first-order valence-corrected chi connectivity index (χ1v) is 6.57. The van der Waals surface area contributed by atoms with Crippen molar-refractivity contribution in [3.8, 4) is 0 Å². The van der Waals surface area contributed by atoms with Crippen LogP contribution in [0.15, 0.2) is 41.1 Å². The maximum atomic E-state index is 11.9. The Morgan fingerprint density at radius 2 is 2.29 bits per heavy atom. The molecule has 2 heterocycles. The Labute approximate surface area is 121 Å². The van der Waals surface area contributed by atoms with Gasteiger partial charge in [-0.2, -0.15) is 0 Å². The van der Waals surface area contributed by atoms with Crippen LogP contribution in [-0.4, -0.2) is 22.1 Å². The van der Waals surface area contributed by atoms with E-state index in [4.69, 9.17) is 14.9 Å². The van der Waals surface area contributed by atoms with Gasteiger partial charge in [-0.3, -0.25) is 0 Å². The third kappa shape index (κ3) is 2.74. The van der Waals surface area contributed by atoms with Crippen LogP contribution in [0, 0.1) is 6.92 Å². The van der Waals surface area contributed by atoms with Crippen molar-refractivity contribution >= 4 is 22.6 Å². The number of furan rings is 1. The summed E-state index contributed by atoms with van der Waals surface area (Å²) >= 11 is 0. The zero-order chi connectivity index (χ0) is 14.8. The van der Waals surface area contributed by atoms with Crippen molar-refractivity contribution in [1.29, 1.82) is 0 Å². The van der Waals surface area contributed by atoms with Gasteiger partial charge in [0.15, 0.2) is 0 Å². The number of imidazole rings is 1. The maximum Gasteiger partial charge on any atom is 0.374 e. The number of esters is 1. The van der Waals surface area contributed by atoms with Crippen molar-refractivity contribution in [3.63, 3.8) is 0 Å². The minimum absolute atomic E-state index is 0.179. The lowest BCUT2D eigenvalue weighted by atomic mass is 10.2. The second-order valence-corrected chi connectivity index (χ2v) is 4.71. The topological polar surface area (TPSA) is 83.3 Å². The largest absolute Gasteiger partial charge is 0.458 e. The molecular formula is C15H15N3O3. The van der Waals surface area contributed by atoms with Gasteiger partial charge in [-0.25, -0.2) is 9.78 Å². The quantitative estimate of drug-likeness (QED) is 0.587. The van der Waals surface area contributed by atoms with E-state index in [9.17, 15) is 4.79 Å². The summed E-state index contributed by atoms with van der Waals surface area (Å²) in [5.41, 5.74) is 6.93. The highest BCUT2D eigenvalue weighted by atomic mass is 16.5. The minimum Gasteiger partial charge on any atom is -0.458 e. The Kier molecular flexibility index (Phi) is 3.35. The van der Waals surface area contributed by atoms with Crippen LogP contribution in [0.1, 0.15) is 16.4 Å². The molecule has 0 bridgehead atoms. The van der Waals surface area contributed by atoms with Crippen LogP contribution in [0.2, 0.25) is 0 Å². The Balaban J connectivity index is 1.65. The highest BCUT2D eigenvalue weighted by molar-refractivity contribution is 5.93. The smallest absolute Gasteiger partial charge is 0.374 e. The number of fused-ring (bicyclic) bond motifs is 1. The predicted molar refractivity (Wildman–Crippen MR) is 77.9 cm³/mol. The standard InChI is InChI=1S/C15H15N3O3/c1-10-17-4-5-18(10)6-7-20-15(19)14-9-11-8-12(16)2-3-13(11)21-14/h2-5,8-9H,6-7,16H2,1H3. The van der Waals surface area contributed by atoms with Gasteiger partial charge in [-0.05, 0) is 31.2 Å². The van der Waals surface area contributed by atoms with Crippen molar-refractivity contribution in [2.45, 2.75) is 13.5 Å². The number of rotatable bonds is 4. The van der Waals surface area contributed by atoms with Gasteiger partial charge in [-0.15, -0.1) is 0 Å². The molecule has 0 spiro atoms. The second-order valence-electron chi connectivity index (χ2n) is 4.71. The van der Waals surface area contributed by atoms with E-state index in [1.54, 1.807) is 30.5 Å². The first-order chi connectivity index (χ1) is 10.1. The van der Waals surface area contributed by atoms with Crippen molar-refractivity contribution in [2.75, 3.05) is 12.3 Å². The highest BCUT2D eigenvalue weighted by Crippen LogP contribution is 2.22. The monoisotopic (exact) mass is 285 g/mol. The summed E-state index contributed by atoms with van der Waals surface area (Å²) in [6.45, 7) is 2.71. The Morgan fingerprint density at radius 3 is 3.05 bits per heavy atom. The third-order valence-corrected chi connectivity index (χ3v) is 3.23. The molecule has 0 aliphatic rings. The molecule has 0 saturated heterocycles. The fraction of sp³-hybridized carbons (Fsp3) is 0.200. The molecule has 0 radical (unpaired) electrons. The molecule has 0 amide bonds. The summed E-state index contributed by atoms with van der Waals surface area (Å²) in [4.78, 5) is 16.0. The Hall–Kier alpha value is -2.76. The molecule has 2 aromatic heterocycles. The van der Waals surface area contributed by atoms with Crippen LogP contribution in [0.25, 0.3) is 11.0 Å². The molecule has 0 unspecified atom stereocenters. The molecule has 0 fully saturated rings. The number of aromatic nitrogens is 2. The molecule has 2 N–H and O–H groups in total. The summed E-state index contributed by atoms with van der Waals surface area (Å²) in [7, 11) is 0. The second kappa shape index (κ2) is 5.32. The average molecular weight is 285 g/mol. The maximum absolute atomic E-state index is 11.9. The molecule has 6 heteroatoms. The van der Waals surface area contributed by atoms with E-state index in [0.717, 1.165) is 11.2 Å². The lowest BCUT2D eigenvalue weighted by Gasteiger charge is -2.05. The molecule has 0 saturated carbocycles. The molecule has 6 nitrogen and oxygen atoms in total. The molecular weight excluding hydrogens is 270 g/mol. The molecule has 0 aliphatic carbocycles. The Bertz CT molecular complexity index is 788. The number of nitrogen functional groups attached to an aromatic ring is 1. The van der Waals surface area contributed by atoms with Gasteiger partial charge < -0.3 is 19.5 Å². The predicted octanol–water partition coefficient (Wildman–Crippen LogP) is 2.38. The third-order valence-electron chi connectivity index (χ3n) is 3.23. The van der Waals surface area contributed by atoms with Gasteiger partial charge in [-0.1, -0.05) is 0 Å². The van der Waals surface area contributed by atoms with Crippen LogP contribution in [0.4, 0.5) is 5.69 Å². The number of ether oxygens (including phenoxy) is 1. The summed E-state index contributed by atoms with van der Waals surface area (Å²) < 4.78 is 12.6. The van der Waals surface area contributed by atoms with Crippen LogP contribution in [0.3, 0.4) is 0 Å². The van der Waals surface area contributed by atoms with Crippen LogP contribution >= 0.6 is 0 Å². The van der Waals surface area contributed by atoms with Crippen LogP contribution in [-0.2, 0) is 11.3 Å². The first-order valence-electron chi connectivity index (χ1n) is 6.57.